The second kappa shape index (κ2) is 14.4. The van der Waals surface area contributed by atoms with Gasteiger partial charge in [0, 0.05) is 31.9 Å². The summed E-state index contributed by atoms with van der Waals surface area (Å²) in [6.45, 7) is 0. The normalized spacial score (nSPS) is 11.1. The lowest BCUT2D eigenvalue weighted by atomic mass is 10.1. The third-order valence-corrected chi connectivity index (χ3v) is 7.72. The van der Waals surface area contributed by atoms with Crippen molar-refractivity contribution in [2.75, 3.05) is 16.4 Å². The molecule has 3 amide bonds. The smallest absolute Gasteiger partial charge is 0.272 e. The molecule has 0 atom stereocenters. The van der Waals surface area contributed by atoms with Gasteiger partial charge in [-0.15, -0.1) is 11.8 Å². The van der Waals surface area contributed by atoms with Crippen LogP contribution in [-0.2, 0) is 9.59 Å². The zero-order valence-corrected chi connectivity index (χ0v) is 24.9. The predicted octanol–water partition coefficient (Wildman–Crippen LogP) is 8.44. The summed E-state index contributed by atoms with van der Waals surface area (Å²) in [5.41, 5.74) is 1.80. The third-order valence-electron chi connectivity index (χ3n) is 5.44. The summed E-state index contributed by atoms with van der Waals surface area (Å²) >= 11 is 25.7. The van der Waals surface area contributed by atoms with Crippen LogP contribution in [0.2, 0.25) is 20.1 Å². The number of halogens is 4. The molecule has 3 N–H and O–H groups in total. The molecule has 0 aliphatic heterocycles. The van der Waals surface area contributed by atoms with Gasteiger partial charge in [0.2, 0.25) is 5.91 Å². The standard InChI is InChI=1S/C30H21Cl4N3O3S/c31-20-14-21(32)16-23(15-20)35-27(38)17-41-24-11-9-22(10-12-24)36-30(40)26(13-19-7-4-8-25(33)28(19)34)37-29(39)18-5-2-1-3-6-18/h1-16H,17H2,(H,35,38)(H,36,40)(H,37,39)/b26-13-. The van der Waals surface area contributed by atoms with Gasteiger partial charge >= 0.3 is 0 Å². The molecule has 4 rings (SSSR count). The number of nitrogens with one attached hydrogen (secondary N) is 3. The van der Waals surface area contributed by atoms with E-state index in [1.54, 1.807) is 91.0 Å². The number of rotatable bonds is 9. The van der Waals surface area contributed by atoms with Crippen molar-refractivity contribution in [1.82, 2.24) is 5.32 Å². The number of carbonyl (C=O) groups is 3. The summed E-state index contributed by atoms with van der Waals surface area (Å²) in [6, 6.07) is 25.2. The second-order valence-electron chi connectivity index (χ2n) is 8.49. The van der Waals surface area contributed by atoms with Gasteiger partial charge in [-0.3, -0.25) is 14.4 Å². The van der Waals surface area contributed by atoms with Crippen molar-refractivity contribution in [3.05, 3.63) is 128 Å². The van der Waals surface area contributed by atoms with Crippen molar-refractivity contribution in [3.63, 3.8) is 0 Å². The SMILES string of the molecule is O=C(CSc1ccc(NC(=O)/C(=C/c2cccc(Cl)c2Cl)NC(=O)c2ccccc2)cc1)Nc1cc(Cl)cc(Cl)c1. The Labute approximate surface area is 261 Å². The van der Waals surface area contributed by atoms with E-state index in [0.717, 1.165) is 4.90 Å². The Kier molecular flexibility index (Phi) is 10.7. The molecule has 0 unspecified atom stereocenters. The lowest BCUT2D eigenvalue weighted by Gasteiger charge is -2.12. The molecule has 0 heterocycles. The first-order valence-electron chi connectivity index (χ1n) is 12.0. The summed E-state index contributed by atoms with van der Waals surface area (Å²) in [5, 5.41) is 9.60. The highest BCUT2D eigenvalue weighted by molar-refractivity contribution is 8.00. The van der Waals surface area contributed by atoms with E-state index in [2.05, 4.69) is 16.0 Å². The van der Waals surface area contributed by atoms with E-state index in [9.17, 15) is 14.4 Å². The highest BCUT2D eigenvalue weighted by Gasteiger charge is 2.16. The Hall–Kier alpha value is -3.46. The van der Waals surface area contributed by atoms with Gasteiger partial charge in [0.1, 0.15) is 5.70 Å². The van der Waals surface area contributed by atoms with Crippen LogP contribution in [0.15, 0.2) is 102 Å². The third kappa shape index (κ3) is 9.01. The van der Waals surface area contributed by atoms with Gasteiger partial charge in [-0.05, 0) is 72.3 Å². The van der Waals surface area contributed by atoms with Crippen LogP contribution >= 0.6 is 58.2 Å². The number of benzene rings is 4. The highest BCUT2D eigenvalue weighted by atomic mass is 35.5. The number of carbonyl (C=O) groups excluding carboxylic acids is 3. The van der Waals surface area contributed by atoms with E-state index in [1.165, 1.54) is 17.8 Å². The van der Waals surface area contributed by atoms with Crippen LogP contribution in [0.3, 0.4) is 0 Å². The fourth-order valence-corrected chi connectivity index (χ4v) is 5.12. The number of hydrogen-bond donors (Lipinski definition) is 3. The van der Waals surface area contributed by atoms with Crippen LogP contribution < -0.4 is 16.0 Å². The molecule has 0 bridgehead atoms. The van der Waals surface area contributed by atoms with Crippen molar-refractivity contribution < 1.29 is 14.4 Å². The summed E-state index contributed by atoms with van der Waals surface area (Å²) in [5.74, 6) is -1.11. The summed E-state index contributed by atoms with van der Waals surface area (Å²) < 4.78 is 0. The first-order chi connectivity index (χ1) is 19.7. The van der Waals surface area contributed by atoms with E-state index in [-0.39, 0.29) is 22.4 Å². The monoisotopic (exact) mass is 643 g/mol. The Morgan fingerprint density at radius 1 is 0.732 bits per heavy atom. The minimum atomic E-state index is -0.565. The molecule has 0 aliphatic rings. The van der Waals surface area contributed by atoms with Gasteiger partial charge in [-0.25, -0.2) is 0 Å². The molecule has 11 heteroatoms. The fraction of sp³-hybridized carbons (Fsp3) is 0.0333. The van der Waals surface area contributed by atoms with Crippen LogP contribution in [0, 0.1) is 0 Å². The fourth-order valence-electron chi connectivity index (χ4n) is 3.53. The van der Waals surface area contributed by atoms with Gasteiger partial charge in [-0.1, -0.05) is 76.7 Å². The Balaban J connectivity index is 1.43. The van der Waals surface area contributed by atoms with Crippen molar-refractivity contribution in [2.45, 2.75) is 4.90 Å². The van der Waals surface area contributed by atoms with E-state index < -0.39 is 11.8 Å². The van der Waals surface area contributed by atoms with E-state index in [0.29, 0.717) is 37.6 Å². The van der Waals surface area contributed by atoms with Gasteiger partial charge in [-0.2, -0.15) is 0 Å². The first kappa shape index (κ1) is 30.5. The van der Waals surface area contributed by atoms with E-state index in [4.69, 9.17) is 46.4 Å². The van der Waals surface area contributed by atoms with Crippen LogP contribution in [0.1, 0.15) is 15.9 Å². The lowest BCUT2D eigenvalue weighted by molar-refractivity contribution is -0.114. The number of amides is 3. The van der Waals surface area contributed by atoms with Crippen molar-refractivity contribution >= 4 is 93.3 Å². The molecule has 0 saturated carbocycles. The van der Waals surface area contributed by atoms with Crippen LogP contribution in [-0.4, -0.2) is 23.5 Å². The quantitative estimate of drug-likeness (QED) is 0.126. The zero-order chi connectivity index (χ0) is 29.4. The topological polar surface area (TPSA) is 87.3 Å². The molecule has 0 spiro atoms. The molecule has 0 aliphatic carbocycles. The van der Waals surface area contributed by atoms with Gasteiger partial charge in [0.05, 0.1) is 15.8 Å². The minimum absolute atomic E-state index is 0.0285. The second-order valence-corrected chi connectivity index (χ2v) is 11.2. The van der Waals surface area contributed by atoms with Crippen LogP contribution in [0.5, 0.6) is 0 Å². The molecular formula is C30H21Cl4N3O3S. The molecule has 208 valence electrons. The van der Waals surface area contributed by atoms with Gasteiger partial charge in [0.25, 0.3) is 11.8 Å². The summed E-state index contributed by atoms with van der Waals surface area (Å²) in [7, 11) is 0. The molecule has 41 heavy (non-hydrogen) atoms. The molecular weight excluding hydrogens is 624 g/mol. The van der Waals surface area contributed by atoms with Crippen molar-refractivity contribution in [1.29, 1.82) is 0 Å². The maximum atomic E-state index is 13.3. The van der Waals surface area contributed by atoms with Gasteiger partial charge < -0.3 is 16.0 Å². The maximum absolute atomic E-state index is 13.3. The molecule has 4 aromatic carbocycles. The molecule has 0 radical (unpaired) electrons. The van der Waals surface area contributed by atoms with Crippen LogP contribution in [0.25, 0.3) is 6.08 Å². The average molecular weight is 645 g/mol. The van der Waals surface area contributed by atoms with E-state index in [1.807, 2.05) is 0 Å². The number of thioether (sulfide) groups is 1. The minimum Gasteiger partial charge on any atom is -0.325 e. The molecule has 0 saturated heterocycles. The van der Waals surface area contributed by atoms with E-state index >= 15 is 0 Å². The number of anilines is 2. The maximum Gasteiger partial charge on any atom is 0.272 e. The first-order valence-corrected chi connectivity index (χ1v) is 14.5. The largest absolute Gasteiger partial charge is 0.325 e. The summed E-state index contributed by atoms with van der Waals surface area (Å²) in [6.07, 6.45) is 1.46. The average Bonchev–Trinajstić information content (AvgIpc) is 2.94. The molecule has 4 aromatic rings. The Morgan fingerprint density at radius 2 is 1.41 bits per heavy atom. The summed E-state index contributed by atoms with van der Waals surface area (Å²) in [4.78, 5) is 39.2. The van der Waals surface area contributed by atoms with Gasteiger partial charge in [0.15, 0.2) is 0 Å². The molecule has 0 fully saturated rings. The van der Waals surface area contributed by atoms with Crippen LogP contribution in [0.4, 0.5) is 11.4 Å². The Bertz CT molecular complexity index is 1590. The Morgan fingerprint density at radius 3 is 2.10 bits per heavy atom. The lowest BCUT2D eigenvalue weighted by Crippen LogP contribution is -2.30. The molecule has 0 aromatic heterocycles. The van der Waals surface area contributed by atoms with Crippen molar-refractivity contribution in [2.24, 2.45) is 0 Å². The zero-order valence-electron chi connectivity index (χ0n) is 21.1. The highest BCUT2D eigenvalue weighted by Crippen LogP contribution is 2.28. The molecule has 6 nitrogen and oxygen atoms in total. The number of hydrogen-bond acceptors (Lipinski definition) is 4. The van der Waals surface area contributed by atoms with Crippen molar-refractivity contribution in [3.8, 4) is 0 Å². The predicted molar refractivity (Wildman–Crippen MR) is 169 cm³/mol.